The van der Waals surface area contributed by atoms with Gasteiger partial charge in [-0.2, -0.15) is 0 Å². The summed E-state index contributed by atoms with van der Waals surface area (Å²) in [6, 6.07) is 4.40. The molecule has 0 amide bonds. The van der Waals surface area contributed by atoms with Crippen molar-refractivity contribution in [3.05, 3.63) is 40.6 Å². The number of halogens is 1. The van der Waals surface area contributed by atoms with E-state index in [0.29, 0.717) is 5.69 Å². The Morgan fingerprint density at radius 2 is 1.71 bits per heavy atom. The molecule has 0 saturated heterocycles. The lowest BCUT2D eigenvalue weighted by Gasteiger charge is -2.09. The molecule has 0 bridgehead atoms. The number of carbonyl (C=O) groups excluding carboxylic acids is 3. The molecule has 1 rings (SSSR count). The number of rotatable bonds is 7. The third kappa shape index (κ3) is 5.27. The van der Waals surface area contributed by atoms with Crippen molar-refractivity contribution >= 4 is 35.2 Å². The predicted molar refractivity (Wildman–Crippen MR) is 87.8 cm³/mol. The van der Waals surface area contributed by atoms with E-state index in [4.69, 9.17) is 21.1 Å². The molecule has 0 heterocycles. The summed E-state index contributed by atoms with van der Waals surface area (Å²) >= 11 is 6.03. The first kappa shape index (κ1) is 19.5. The first-order chi connectivity index (χ1) is 11.4. The Kier molecular flexibility index (Phi) is 7.77. The molecule has 0 radical (unpaired) electrons. The Morgan fingerprint density at radius 3 is 2.21 bits per heavy atom. The van der Waals surface area contributed by atoms with Crippen LogP contribution in [-0.2, 0) is 23.8 Å². The van der Waals surface area contributed by atoms with Crippen LogP contribution in [-0.4, -0.2) is 38.2 Å². The van der Waals surface area contributed by atoms with Gasteiger partial charge in [0, 0.05) is 6.20 Å². The lowest BCUT2D eigenvalue weighted by molar-refractivity contribution is -0.146. The van der Waals surface area contributed by atoms with Crippen LogP contribution >= 0.6 is 11.6 Å². The average Bonchev–Trinajstić information content (AvgIpc) is 2.56. The minimum absolute atomic E-state index is 0.105. The van der Waals surface area contributed by atoms with Crippen molar-refractivity contribution in [2.24, 2.45) is 0 Å². The fourth-order valence-corrected chi connectivity index (χ4v) is 1.82. The van der Waals surface area contributed by atoms with Crippen LogP contribution in [0.15, 0.2) is 30.0 Å². The van der Waals surface area contributed by atoms with Crippen molar-refractivity contribution in [1.82, 2.24) is 0 Å². The number of ether oxygens (including phenoxy) is 3. The Hall–Kier alpha value is -2.54. The van der Waals surface area contributed by atoms with Crippen molar-refractivity contribution in [3.63, 3.8) is 0 Å². The van der Waals surface area contributed by atoms with Crippen molar-refractivity contribution in [1.29, 1.82) is 0 Å². The number of methoxy groups -OCH3 is 1. The summed E-state index contributed by atoms with van der Waals surface area (Å²) in [6.07, 6.45) is 1.12. The zero-order valence-electron chi connectivity index (χ0n) is 13.6. The third-order valence-electron chi connectivity index (χ3n) is 2.75. The molecule has 1 aromatic rings. The highest BCUT2D eigenvalue weighted by atomic mass is 35.5. The maximum absolute atomic E-state index is 11.8. The van der Waals surface area contributed by atoms with E-state index in [9.17, 15) is 14.4 Å². The quantitative estimate of drug-likeness (QED) is 0.264. The molecule has 0 spiro atoms. The van der Waals surface area contributed by atoms with Gasteiger partial charge in [-0.25, -0.2) is 14.4 Å². The molecule has 8 heteroatoms. The van der Waals surface area contributed by atoms with Crippen molar-refractivity contribution in [2.75, 3.05) is 25.6 Å². The number of hydrogen-bond acceptors (Lipinski definition) is 7. The monoisotopic (exact) mass is 355 g/mol. The molecule has 130 valence electrons. The SMILES string of the molecule is CCOC(=O)C(=CNc1cc(C(=O)OC)ccc1Cl)C(=O)OCC. The van der Waals surface area contributed by atoms with E-state index in [0.717, 1.165) is 6.20 Å². The number of benzene rings is 1. The molecule has 1 aromatic carbocycles. The smallest absolute Gasteiger partial charge is 0.347 e. The van der Waals surface area contributed by atoms with Gasteiger partial charge in [0.2, 0.25) is 0 Å². The zero-order valence-corrected chi connectivity index (χ0v) is 14.3. The highest BCUT2D eigenvalue weighted by Crippen LogP contribution is 2.24. The largest absolute Gasteiger partial charge is 0.465 e. The molecule has 0 saturated carbocycles. The summed E-state index contributed by atoms with van der Waals surface area (Å²) in [6.45, 7) is 3.44. The van der Waals surface area contributed by atoms with Gasteiger partial charge in [-0.05, 0) is 32.0 Å². The van der Waals surface area contributed by atoms with Crippen molar-refractivity contribution in [3.8, 4) is 0 Å². The second kappa shape index (κ2) is 9.57. The molecule has 0 unspecified atom stereocenters. The predicted octanol–water partition coefficient (Wildman–Crippen LogP) is 2.55. The molecule has 0 aromatic heterocycles. The number of esters is 3. The first-order valence-corrected chi connectivity index (χ1v) is 7.51. The van der Waals surface area contributed by atoms with E-state index >= 15 is 0 Å². The normalized spacial score (nSPS) is 9.67. The summed E-state index contributed by atoms with van der Waals surface area (Å²) in [5.74, 6) is -2.21. The topological polar surface area (TPSA) is 90.9 Å². The van der Waals surface area contributed by atoms with Gasteiger partial charge in [-0.1, -0.05) is 11.6 Å². The van der Waals surface area contributed by atoms with Crippen LogP contribution < -0.4 is 5.32 Å². The number of anilines is 1. The summed E-state index contributed by atoms with van der Waals surface area (Å²) < 4.78 is 14.3. The van der Waals surface area contributed by atoms with Gasteiger partial charge in [0.25, 0.3) is 0 Å². The van der Waals surface area contributed by atoms with Gasteiger partial charge in [0.05, 0.1) is 36.6 Å². The Balaban J connectivity index is 3.10. The van der Waals surface area contributed by atoms with Gasteiger partial charge in [-0.3, -0.25) is 0 Å². The summed E-state index contributed by atoms with van der Waals surface area (Å²) in [5, 5.41) is 2.99. The number of nitrogens with one attached hydrogen (secondary N) is 1. The molecular weight excluding hydrogens is 338 g/mol. The van der Waals surface area contributed by atoms with Crippen LogP contribution in [0.3, 0.4) is 0 Å². The maximum Gasteiger partial charge on any atom is 0.347 e. The van der Waals surface area contributed by atoms with Crippen LogP contribution in [0.2, 0.25) is 5.02 Å². The van der Waals surface area contributed by atoms with E-state index < -0.39 is 17.9 Å². The van der Waals surface area contributed by atoms with Gasteiger partial charge >= 0.3 is 17.9 Å². The molecule has 0 aliphatic carbocycles. The first-order valence-electron chi connectivity index (χ1n) is 7.13. The number of carbonyl (C=O) groups is 3. The lowest BCUT2D eigenvalue weighted by atomic mass is 10.2. The van der Waals surface area contributed by atoms with Crippen LogP contribution in [0.5, 0.6) is 0 Å². The maximum atomic E-state index is 11.8. The molecule has 0 fully saturated rings. The molecule has 0 aliphatic heterocycles. The van der Waals surface area contributed by atoms with Crippen LogP contribution in [0.25, 0.3) is 0 Å². The summed E-state index contributed by atoms with van der Waals surface area (Å²) in [4.78, 5) is 35.2. The standard InChI is InChI=1S/C16H18ClNO6/c1-4-23-15(20)11(16(21)24-5-2)9-18-13-8-10(14(19)22-3)6-7-12(13)17/h6-9,18H,4-5H2,1-3H3. The Labute approximate surface area is 144 Å². The molecule has 24 heavy (non-hydrogen) atoms. The Morgan fingerprint density at radius 1 is 1.12 bits per heavy atom. The molecule has 7 nitrogen and oxygen atoms in total. The average molecular weight is 356 g/mol. The van der Waals surface area contributed by atoms with Gasteiger partial charge in [0.15, 0.2) is 5.57 Å². The molecule has 0 atom stereocenters. The van der Waals surface area contributed by atoms with Crippen molar-refractivity contribution < 1.29 is 28.6 Å². The van der Waals surface area contributed by atoms with Gasteiger partial charge in [0.1, 0.15) is 0 Å². The van der Waals surface area contributed by atoms with E-state index in [1.54, 1.807) is 13.8 Å². The van der Waals surface area contributed by atoms with Crippen LogP contribution in [0.4, 0.5) is 5.69 Å². The van der Waals surface area contributed by atoms with E-state index in [1.165, 1.54) is 25.3 Å². The zero-order chi connectivity index (χ0) is 18.1. The fourth-order valence-electron chi connectivity index (χ4n) is 1.65. The van der Waals surface area contributed by atoms with Crippen LogP contribution in [0, 0.1) is 0 Å². The lowest BCUT2D eigenvalue weighted by Crippen LogP contribution is -2.19. The number of hydrogen-bond donors (Lipinski definition) is 1. The van der Waals surface area contributed by atoms with E-state index in [-0.39, 0.29) is 29.4 Å². The molecule has 1 N–H and O–H groups in total. The highest BCUT2D eigenvalue weighted by molar-refractivity contribution is 6.33. The van der Waals surface area contributed by atoms with E-state index in [2.05, 4.69) is 10.1 Å². The second-order valence-corrected chi connectivity index (χ2v) is 4.74. The van der Waals surface area contributed by atoms with Crippen LogP contribution in [0.1, 0.15) is 24.2 Å². The summed E-state index contributed by atoms with van der Waals surface area (Å²) in [7, 11) is 1.25. The van der Waals surface area contributed by atoms with Gasteiger partial charge in [-0.15, -0.1) is 0 Å². The second-order valence-electron chi connectivity index (χ2n) is 4.33. The minimum atomic E-state index is -0.830. The minimum Gasteiger partial charge on any atom is -0.465 e. The van der Waals surface area contributed by atoms with E-state index in [1.807, 2.05) is 0 Å². The third-order valence-corrected chi connectivity index (χ3v) is 3.08. The summed E-state index contributed by atoms with van der Waals surface area (Å²) in [5.41, 5.74) is 0.246. The molecular formula is C16H18ClNO6. The Bertz CT molecular complexity index is 636. The van der Waals surface area contributed by atoms with Crippen molar-refractivity contribution in [2.45, 2.75) is 13.8 Å². The molecule has 0 aliphatic rings. The van der Waals surface area contributed by atoms with Gasteiger partial charge < -0.3 is 19.5 Å². The fraction of sp³-hybridized carbons (Fsp3) is 0.312. The highest BCUT2D eigenvalue weighted by Gasteiger charge is 2.21.